The molecule has 3 aromatic carbocycles. The Morgan fingerprint density at radius 1 is 0.688 bits per heavy atom. The molecule has 0 unspecified atom stereocenters. The van der Waals surface area contributed by atoms with Crippen molar-refractivity contribution in [2.45, 2.75) is 12.8 Å². The maximum atomic E-state index is 14.6. The van der Waals surface area contributed by atoms with Gasteiger partial charge in [-0.15, -0.1) is 0 Å². The highest BCUT2D eigenvalue weighted by atomic mass is 19.1. The Morgan fingerprint density at radius 2 is 1.25 bits per heavy atom. The van der Waals surface area contributed by atoms with Gasteiger partial charge in [0.1, 0.15) is 11.6 Å². The van der Waals surface area contributed by atoms with E-state index in [0.717, 1.165) is 16.7 Å². The molecule has 0 bridgehead atoms. The van der Waals surface area contributed by atoms with Crippen molar-refractivity contribution in [2.24, 2.45) is 0 Å². The molecule has 1 heterocycles. The molecule has 0 N–H and O–H groups in total. The molecule has 0 saturated carbocycles. The molecule has 4 aromatic rings. The van der Waals surface area contributed by atoms with Gasteiger partial charge in [-0.3, -0.25) is 4.98 Å². The molecule has 0 fully saturated rings. The summed E-state index contributed by atoms with van der Waals surface area (Å²) in [6, 6.07) is 24.6. The van der Waals surface area contributed by atoms with Crippen LogP contribution in [-0.2, 0) is 12.8 Å². The smallest absolute Gasteiger partial charge is 0.128 e. The molecule has 154 valence electrons. The van der Waals surface area contributed by atoms with E-state index in [4.69, 9.17) is 10.5 Å². The Balaban J connectivity index is 1.94. The molecule has 32 heavy (non-hydrogen) atoms. The van der Waals surface area contributed by atoms with Gasteiger partial charge in [-0.05, 0) is 46.5 Å². The average Bonchev–Trinajstić information content (AvgIpc) is 2.82. The molecular formula is C27H17F2N3. The van der Waals surface area contributed by atoms with Crippen LogP contribution in [0.25, 0.3) is 33.5 Å². The van der Waals surface area contributed by atoms with Gasteiger partial charge in [0.2, 0.25) is 0 Å². The second-order valence-corrected chi connectivity index (χ2v) is 7.23. The van der Waals surface area contributed by atoms with Crippen LogP contribution in [0.15, 0.2) is 79.0 Å². The first kappa shape index (κ1) is 20.9. The predicted molar refractivity (Wildman–Crippen MR) is 119 cm³/mol. The van der Waals surface area contributed by atoms with Gasteiger partial charge in [0.05, 0.1) is 30.7 Å². The number of benzene rings is 3. The molecule has 5 heteroatoms. The highest BCUT2D eigenvalue weighted by Crippen LogP contribution is 2.40. The second kappa shape index (κ2) is 9.20. The maximum absolute atomic E-state index is 14.6. The summed E-state index contributed by atoms with van der Waals surface area (Å²) in [5, 5.41) is 17.8. The summed E-state index contributed by atoms with van der Waals surface area (Å²) in [6.45, 7) is 0. The summed E-state index contributed by atoms with van der Waals surface area (Å²) in [4.78, 5) is 4.49. The number of hydrogen-bond donors (Lipinski definition) is 0. The van der Waals surface area contributed by atoms with Gasteiger partial charge in [0.25, 0.3) is 0 Å². The highest BCUT2D eigenvalue weighted by molar-refractivity contribution is 5.93. The SMILES string of the molecule is N#CCc1ccc(-c2cccc(-c3ccc(CC#N)c(F)c3)c2-c2ccccn2)cc1F. The van der Waals surface area contributed by atoms with Gasteiger partial charge >= 0.3 is 0 Å². The summed E-state index contributed by atoms with van der Waals surface area (Å²) in [6.07, 6.45) is 1.66. The lowest BCUT2D eigenvalue weighted by molar-refractivity contribution is 0.615. The van der Waals surface area contributed by atoms with Crippen molar-refractivity contribution >= 4 is 0 Å². The molecule has 1 aromatic heterocycles. The Bertz CT molecular complexity index is 1280. The van der Waals surface area contributed by atoms with Crippen LogP contribution in [0, 0.1) is 34.3 Å². The van der Waals surface area contributed by atoms with Gasteiger partial charge in [0.15, 0.2) is 0 Å². The van der Waals surface area contributed by atoms with Crippen molar-refractivity contribution in [1.29, 1.82) is 10.5 Å². The summed E-state index contributed by atoms with van der Waals surface area (Å²) in [5.41, 5.74) is 4.83. The fourth-order valence-electron chi connectivity index (χ4n) is 3.71. The zero-order valence-corrected chi connectivity index (χ0v) is 17.0. The number of nitrogens with zero attached hydrogens (tertiary/aromatic N) is 3. The topological polar surface area (TPSA) is 60.5 Å². The summed E-state index contributed by atoms with van der Waals surface area (Å²) < 4.78 is 29.2. The predicted octanol–water partition coefficient (Wildman–Crippen LogP) is 6.49. The van der Waals surface area contributed by atoms with E-state index in [0.29, 0.717) is 27.9 Å². The monoisotopic (exact) mass is 421 g/mol. The molecule has 4 rings (SSSR count). The van der Waals surface area contributed by atoms with Crippen LogP contribution in [0.1, 0.15) is 11.1 Å². The molecule has 0 atom stereocenters. The van der Waals surface area contributed by atoms with Crippen molar-refractivity contribution in [3.05, 3.63) is 102 Å². The van der Waals surface area contributed by atoms with Crippen LogP contribution in [-0.4, -0.2) is 4.98 Å². The zero-order chi connectivity index (χ0) is 22.5. The standard InChI is InChI=1S/C27H17F2N3/c28-24-16-20(9-7-18(24)11-13-30)22-4-3-5-23(27(22)26-6-1-2-15-32-26)21-10-8-19(12-14-31)25(29)17-21/h1-10,15-17H,11-12H2. The first-order valence-electron chi connectivity index (χ1n) is 9.98. The van der Waals surface area contributed by atoms with Crippen molar-refractivity contribution in [3.63, 3.8) is 0 Å². The summed E-state index contributed by atoms with van der Waals surface area (Å²) in [5.74, 6) is -0.901. The molecule has 3 nitrogen and oxygen atoms in total. The fourth-order valence-corrected chi connectivity index (χ4v) is 3.71. The summed E-state index contributed by atoms with van der Waals surface area (Å²) >= 11 is 0. The van der Waals surface area contributed by atoms with Crippen LogP contribution in [0.4, 0.5) is 8.78 Å². The molecule has 0 spiro atoms. The molecule has 0 aliphatic heterocycles. The van der Waals surface area contributed by atoms with E-state index < -0.39 is 11.6 Å². The molecular weight excluding hydrogens is 404 g/mol. The number of aromatic nitrogens is 1. The quantitative estimate of drug-likeness (QED) is 0.370. The lowest BCUT2D eigenvalue weighted by Crippen LogP contribution is -1.96. The average molecular weight is 421 g/mol. The number of pyridine rings is 1. The van der Waals surface area contributed by atoms with E-state index in [2.05, 4.69) is 4.98 Å². The Labute approximate surface area is 184 Å². The lowest BCUT2D eigenvalue weighted by Gasteiger charge is -2.16. The van der Waals surface area contributed by atoms with E-state index in [1.54, 1.807) is 36.5 Å². The first-order chi connectivity index (χ1) is 15.6. The fraction of sp³-hybridized carbons (Fsp3) is 0.0741. The second-order valence-electron chi connectivity index (χ2n) is 7.23. The van der Waals surface area contributed by atoms with Crippen LogP contribution in [0.2, 0.25) is 0 Å². The van der Waals surface area contributed by atoms with Crippen LogP contribution in [0.5, 0.6) is 0 Å². The number of nitriles is 2. The van der Waals surface area contributed by atoms with E-state index >= 15 is 0 Å². The van der Waals surface area contributed by atoms with Gasteiger partial charge in [-0.1, -0.05) is 48.5 Å². The summed E-state index contributed by atoms with van der Waals surface area (Å²) in [7, 11) is 0. The molecule has 0 saturated heterocycles. The minimum absolute atomic E-state index is 0.00638. The van der Waals surface area contributed by atoms with Gasteiger partial charge in [-0.2, -0.15) is 10.5 Å². The van der Waals surface area contributed by atoms with E-state index in [1.165, 1.54) is 12.1 Å². The highest BCUT2D eigenvalue weighted by Gasteiger charge is 2.17. The maximum Gasteiger partial charge on any atom is 0.128 e. The number of halogens is 2. The zero-order valence-electron chi connectivity index (χ0n) is 17.0. The normalized spacial score (nSPS) is 10.4. The van der Waals surface area contributed by atoms with Crippen molar-refractivity contribution in [1.82, 2.24) is 4.98 Å². The molecule has 0 aliphatic carbocycles. The third-order valence-electron chi connectivity index (χ3n) is 5.25. The van der Waals surface area contributed by atoms with Crippen molar-refractivity contribution < 1.29 is 8.78 Å². The van der Waals surface area contributed by atoms with Gasteiger partial charge in [0, 0.05) is 22.9 Å². The minimum Gasteiger partial charge on any atom is -0.256 e. The van der Waals surface area contributed by atoms with E-state index in [9.17, 15) is 8.78 Å². The number of rotatable bonds is 5. The largest absolute Gasteiger partial charge is 0.256 e. The molecule has 0 radical (unpaired) electrons. The van der Waals surface area contributed by atoms with Crippen LogP contribution < -0.4 is 0 Å². The van der Waals surface area contributed by atoms with Gasteiger partial charge in [-0.25, -0.2) is 8.78 Å². The molecule has 0 amide bonds. The number of hydrogen-bond acceptors (Lipinski definition) is 3. The first-order valence-corrected chi connectivity index (χ1v) is 9.98. The van der Waals surface area contributed by atoms with E-state index in [-0.39, 0.29) is 12.8 Å². The van der Waals surface area contributed by atoms with E-state index in [1.807, 2.05) is 42.5 Å². The van der Waals surface area contributed by atoms with Crippen LogP contribution in [0.3, 0.4) is 0 Å². The van der Waals surface area contributed by atoms with Crippen molar-refractivity contribution in [2.75, 3.05) is 0 Å². The third-order valence-corrected chi connectivity index (χ3v) is 5.25. The van der Waals surface area contributed by atoms with Crippen molar-refractivity contribution in [3.8, 4) is 45.6 Å². The minimum atomic E-state index is -0.451. The Morgan fingerprint density at radius 3 is 1.69 bits per heavy atom. The molecule has 0 aliphatic rings. The van der Waals surface area contributed by atoms with Gasteiger partial charge < -0.3 is 0 Å². The Kier molecular flexibility index (Phi) is 6.01. The Hall–Kier alpha value is -4.35. The lowest BCUT2D eigenvalue weighted by atomic mass is 9.89. The third kappa shape index (κ3) is 4.10. The van der Waals surface area contributed by atoms with Crippen LogP contribution >= 0.6 is 0 Å².